The number of hydrogen-bond donors (Lipinski definition) is 1. The van der Waals surface area contributed by atoms with Crippen molar-refractivity contribution in [2.75, 3.05) is 26.2 Å². The predicted octanol–water partition coefficient (Wildman–Crippen LogP) is 2.17. The first kappa shape index (κ1) is 21.0. The Morgan fingerprint density at radius 1 is 1.03 bits per heavy atom. The zero-order chi connectivity index (χ0) is 22.8. The summed E-state index contributed by atoms with van der Waals surface area (Å²) in [6, 6.07) is 15.2. The van der Waals surface area contributed by atoms with Crippen LogP contribution in [-0.4, -0.2) is 62.2 Å². The van der Waals surface area contributed by atoms with Gasteiger partial charge in [-0.05, 0) is 13.0 Å². The number of rotatable bonds is 5. The molecule has 1 N–H and O–H groups in total. The lowest BCUT2D eigenvalue weighted by molar-refractivity contribution is -0.132. The van der Waals surface area contributed by atoms with E-state index >= 15 is 0 Å². The van der Waals surface area contributed by atoms with Gasteiger partial charge in [-0.3, -0.25) is 14.5 Å². The van der Waals surface area contributed by atoms with Crippen molar-refractivity contribution in [3.05, 3.63) is 76.0 Å². The van der Waals surface area contributed by atoms with E-state index in [2.05, 4.69) is 25.2 Å². The standard InChI is InChI=1S/C24H24N6O3/c1-16-6-8-17(9-7-16)23-25-21(33-28-23)15-29-10-12-30(13-11-29)22(31)14-20-18-4-2-3-5-19(18)24(32)27-26-20/h2-9H,10-15H2,1H3,(H,27,32). The highest BCUT2D eigenvalue weighted by molar-refractivity contribution is 5.88. The Morgan fingerprint density at radius 2 is 1.76 bits per heavy atom. The summed E-state index contributed by atoms with van der Waals surface area (Å²) in [4.78, 5) is 33.4. The summed E-state index contributed by atoms with van der Waals surface area (Å²) in [5.74, 6) is 1.15. The fourth-order valence-electron chi connectivity index (χ4n) is 4.05. The van der Waals surface area contributed by atoms with Crippen molar-refractivity contribution in [2.24, 2.45) is 0 Å². The molecule has 9 nitrogen and oxygen atoms in total. The number of carbonyl (C=O) groups is 1. The van der Waals surface area contributed by atoms with Gasteiger partial charge in [0, 0.05) is 37.1 Å². The van der Waals surface area contributed by atoms with E-state index in [0.29, 0.717) is 60.9 Å². The van der Waals surface area contributed by atoms with E-state index in [-0.39, 0.29) is 17.9 Å². The first-order chi connectivity index (χ1) is 16.1. The van der Waals surface area contributed by atoms with Gasteiger partial charge in [-0.2, -0.15) is 10.1 Å². The van der Waals surface area contributed by atoms with Crippen molar-refractivity contribution in [1.29, 1.82) is 0 Å². The van der Waals surface area contributed by atoms with Crippen LogP contribution in [0.1, 0.15) is 17.1 Å². The number of aryl methyl sites for hydroxylation is 1. The molecule has 0 unspecified atom stereocenters. The molecule has 9 heteroatoms. The van der Waals surface area contributed by atoms with Gasteiger partial charge in [0.15, 0.2) is 0 Å². The molecule has 0 saturated carbocycles. The van der Waals surface area contributed by atoms with Crippen LogP contribution < -0.4 is 5.56 Å². The van der Waals surface area contributed by atoms with Gasteiger partial charge in [0.1, 0.15) is 0 Å². The normalized spacial score (nSPS) is 14.6. The Hall–Kier alpha value is -3.85. The number of carbonyl (C=O) groups excluding carboxylic acids is 1. The number of piperazine rings is 1. The predicted molar refractivity (Wildman–Crippen MR) is 122 cm³/mol. The molecule has 0 aliphatic carbocycles. The number of H-pyrrole nitrogens is 1. The van der Waals surface area contributed by atoms with Crippen LogP contribution >= 0.6 is 0 Å². The number of fused-ring (bicyclic) bond motifs is 1. The number of benzene rings is 2. The molecule has 5 rings (SSSR count). The Labute approximate surface area is 190 Å². The highest BCUT2D eigenvalue weighted by atomic mass is 16.5. The lowest BCUT2D eigenvalue weighted by Crippen LogP contribution is -2.48. The van der Waals surface area contributed by atoms with Gasteiger partial charge < -0.3 is 9.42 Å². The lowest BCUT2D eigenvalue weighted by atomic mass is 10.1. The van der Waals surface area contributed by atoms with Gasteiger partial charge >= 0.3 is 0 Å². The topological polar surface area (TPSA) is 108 Å². The average molecular weight is 444 g/mol. The second-order valence-electron chi connectivity index (χ2n) is 8.26. The Kier molecular flexibility index (Phi) is 5.70. The summed E-state index contributed by atoms with van der Waals surface area (Å²) in [7, 11) is 0. The third-order valence-corrected chi connectivity index (χ3v) is 5.96. The highest BCUT2D eigenvalue weighted by Gasteiger charge is 2.24. The number of hydrogen-bond acceptors (Lipinski definition) is 7. The molecule has 1 aliphatic heterocycles. The van der Waals surface area contributed by atoms with Gasteiger partial charge in [-0.25, -0.2) is 5.10 Å². The third-order valence-electron chi connectivity index (χ3n) is 5.96. The SMILES string of the molecule is Cc1ccc(-c2noc(CN3CCN(C(=O)Cc4n[nH]c(=O)c5ccccc45)CC3)n2)cc1. The zero-order valence-corrected chi connectivity index (χ0v) is 18.3. The van der Waals surface area contributed by atoms with Crippen LogP contribution in [0.25, 0.3) is 22.2 Å². The van der Waals surface area contributed by atoms with E-state index in [1.54, 1.807) is 12.1 Å². The fourth-order valence-corrected chi connectivity index (χ4v) is 4.05. The zero-order valence-electron chi connectivity index (χ0n) is 18.3. The molecule has 1 aliphatic rings. The highest BCUT2D eigenvalue weighted by Crippen LogP contribution is 2.18. The van der Waals surface area contributed by atoms with Crippen LogP contribution in [0.3, 0.4) is 0 Å². The second-order valence-corrected chi connectivity index (χ2v) is 8.26. The summed E-state index contributed by atoms with van der Waals surface area (Å²) in [6.07, 6.45) is 0.154. The van der Waals surface area contributed by atoms with E-state index < -0.39 is 0 Å². The van der Waals surface area contributed by atoms with E-state index in [1.807, 2.05) is 48.2 Å². The molecule has 1 amide bonds. The Bertz CT molecular complexity index is 1340. The average Bonchev–Trinajstić information content (AvgIpc) is 3.30. The van der Waals surface area contributed by atoms with Crippen molar-refractivity contribution in [1.82, 2.24) is 30.1 Å². The van der Waals surface area contributed by atoms with E-state index in [1.165, 1.54) is 5.56 Å². The largest absolute Gasteiger partial charge is 0.340 e. The molecule has 168 valence electrons. The molecular weight excluding hydrogens is 420 g/mol. The van der Waals surface area contributed by atoms with E-state index in [9.17, 15) is 9.59 Å². The molecule has 33 heavy (non-hydrogen) atoms. The van der Waals surface area contributed by atoms with Crippen LogP contribution in [0.4, 0.5) is 0 Å². The minimum absolute atomic E-state index is 0.00111. The van der Waals surface area contributed by atoms with Crippen molar-refractivity contribution in [3.63, 3.8) is 0 Å². The van der Waals surface area contributed by atoms with Crippen LogP contribution in [0, 0.1) is 6.92 Å². The maximum Gasteiger partial charge on any atom is 0.272 e. The van der Waals surface area contributed by atoms with Gasteiger partial charge in [0.25, 0.3) is 5.56 Å². The summed E-state index contributed by atoms with van der Waals surface area (Å²) in [5, 5.41) is 12.0. The third kappa shape index (κ3) is 4.54. The van der Waals surface area contributed by atoms with Gasteiger partial charge in [0.05, 0.1) is 24.0 Å². The van der Waals surface area contributed by atoms with Crippen molar-refractivity contribution < 1.29 is 9.32 Å². The van der Waals surface area contributed by atoms with Gasteiger partial charge in [-0.15, -0.1) is 0 Å². The molecule has 2 aromatic carbocycles. The molecular formula is C24H24N6O3. The minimum Gasteiger partial charge on any atom is -0.340 e. The maximum absolute atomic E-state index is 12.9. The summed E-state index contributed by atoms with van der Waals surface area (Å²) in [6.45, 7) is 5.24. The quantitative estimate of drug-likeness (QED) is 0.503. The smallest absolute Gasteiger partial charge is 0.272 e. The van der Waals surface area contributed by atoms with Crippen LogP contribution in [-0.2, 0) is 17.8 Å². The van der Waals surface area contributed by atoms with Crippen molar-refractivity contribution in [3.8, 4) is 11.4 Å². The monoisotopic (exact) mass is 444 g/mol. The lowest BCUT2D eigenvalue weighted by Gasteiger charge is -2.34. The minimum atomic E-state index is -0.248. The molecule has 4 aromatic rings. The Balaban J connectivity index is 1.18. The first-order valence-electron chi connectivity index (χ1n) is 10.9. The van der Waals surface area contributed by atoms with Crippen molar-refractivity contribution in [2.45, 2.75) is 19.9 Å². The number of nitrogens with zero attached hydrogens (tertiary/aromatic N) is 5. The van der Waals surface area contributed by atoms with Crippen LogP contribution in [0.5, 0.6) is 0 Å². The Morgan fingerprint density at radius 3 is 2.52 bits per heavy atom. The fraction of sp³-hybridized carbons (Fsp3) is 0.292. The molecule has 1 fully saturated rings. The number of aromatic nitrogens is 4. The summed E-state index contributed by atoms with van der Waals surface area (Å²) < 4.78 is 5.44. The number of aromatic amines is 1. The maximum atomic E-state index is 12.9. The van der Waals surface area contributed by atoms with Crippen molar-refractivity contribution >= 4 is 16.7 Å². The van der Waals surface area contributed by atoms with E-state index in [0.717, 1.165) is 5.56 Å². The molecule has 0 spiro atoms. The molecule has 3 heterocycles. The summed E-state index contributed by atoms with van der Waals surface area (Å²) >= 11 is 0. The van der Waals surface area contributed by atoms with Crippen LogP contribution in [0.2, 0.25) is 0 Å². The molecule has 2 aromatic heterocycles. The number of nitrogens with one attached hydrogen (secondary N) is 1. The molecule has 0 radical (unpaired) electrons. The molecule has 1 saturated heterocycles. The van der Waals surface area contributed by atoms with Gasteiger partial charge in [0.2, 0.25) is 17.6 Å². The van der Waals surface area contributed by atoms with Gasteiger partial charge in [-0.1, -0.05) is 53.2 Å². The van der Waals surface area contributed by atoms with Crippen LogP contribution in [0.15, 0.2) is 57.8 Å². The second kappa shape index (κ2) is 8.95. The number of amides is 1. The molecule has 0 bridgehead atoms. The molecule has 0 atom stereocenters. The van der Waals surface area contributed by atoms with E-state index in [4.69, 9.17) is 4.52 Å². The first-order valence-corrected chi connectivity index (χ1v) is 10.9. The summed E-state index contributed by atoms with van der Waals surface area (Å²) in [5.41, 5.74) is 2.45.